The summed E-state index contributed by atoms with van der Waals surface area (Å²) in [6.45, 7) is 1.83. The van der Waals surface area contributed by atoms with Gasteiger partial charge in [-0.05, 0) is 24.1 Å². The summed E-state index contributed by atoms with van der Waals surface area (Å²) in [5, 5.41) is 8.46. The Balaban J connectivity index is 2.36. The molecule has 70 valence electrons. The highest BCUT2D eigenvalue weighted by Crippen LogP contribution is 2.17. The molecule has 2 rings (SSSR count). The highest BCUT2D eigenvalue weighted by Gasteiger charge is 2.02. The van der Waals surface area contributed by atoms with Gasteiger partial charge in [0.1, 0.15) is 5.52 Å². The molecule has 0 aliphatic rings. The third-order valence-corrected chi connectivity index (χ3v) is 2.09. The Morgan fingerprint density at radius 1 is 1.50 bits per heavy atom. The fourth-order valence-corrected chi connectivity index (χ4v) is 1.44. The first kappa shape index (κ1) is 8.76. The number of nitriles is 1. The maximum absolute atomic E-state index is 8.46. The van der Waals surface area contributed by atoms with Crippen LogP contribution >= 0.6 is 0 Å². The molecule has 3 heteroatoms. The zero-order chi connectivity index (χ0) is 9.97. The number of rotatable bonds is 2. The van der Waals surface area contributed by atoms with E-state index in [1.807, 2.05) is 25.1 Å². The topological polar surface area (TPSA) is 49.8 Å². The van der Waals surface area contributed by atoms with E-state index < -0.39 is 0 Å². The van der Waals surface area contributed by atoms with E-state index in [2.05, 4.69) is 11.1 Å². The van der Waals surface area contributed by atoms with Crippen molar-refractivity contribution in [2.45, 2.75) is 19.8 Å². The van der Waals surface area contributed by atoms with Gasteiger partial charge >= 0.3 is 0 Å². The molecular formula is C11H10N2O. The predicted molar refractivity (Wildman–Crippen MR) is 52.7 cm³/mol. The zero-order valence-corrected chi connectivity index (χ0v) is 7.95. The van der Waals surface area contributed by atoms with Gasteiger partial charge in [-0.2, -0.15) is 5.26 Å². The van der Waals surface area contributed by atoms with Gasteiger partial charge < -0.3 is 4.42 Å². The van der Waals surface area contributed by atoms with E-state index in [4.69, 9.17) is 9.68 Å². The van der Waals surface area contributed by atoms with Crippen LogP contribution in [-0.4, -0.2) is 4.98 Å². The van der Waals surface area contributed by atoms with E-state index in [0.717, 1.165) is 23.1 Å². The first-order valence-electron chi connectivity index (χ1n) is 4.52. The number of fused-ring (bicyclic) bond motifs is 1. The summed E-state index contributed by atoms with van der Waals surface area (Å²) in [6, 6.07) is 7.99. The lowest BCUT2D eigenvalue weighted by Gasteiger charge is -1.94. The number of hydrogen-bond acceptors (Lipinski definition) is 3. The van der Waals surface area contributed by atoms with Crippen LogP contribution < -0.4 is 0 Å². The lowest BCUT2D eigenvalue weighted by molar-refractivity contribution is 0.560. The number of aromatic nitrogens is 1. The average molecular weight is 186 g/mol. The molecule has 0 unspecified atom stereocenters. The quantitative estimate of drug-likeness (QED) is 0.724. The van der Waals surface area contributed by atoms with Crippen molar-refractivity contribution in [3.63, 3.8) is 0 Å². The van der Waals surface area contributed by atoms with Gasteiger partial charge in [-0.1, -0.05) is 6.07 Å². The second-order valence-electron chi connectivity index (χ2n) is 3.19. The largest absolute Gasteiger partial charge is 0.441 e. The molecule has 0 bridgehead atoms. The Hall–Kier alpha value is -1.82. The van der Waals surface area contributed by atoms with E-state index in [9.17, 15) is 0 Å². The van der Waals surface area contributed by atoms with Crippen LogP contribution in [-0.2, 0) is 6.42 Å². The van der Waals surface area contributed by atoms with Crippen molar-refractivity contribution in [2.24, 2.45) is 0 Å². The fraction of sp³-hybridized carbons (Fsp3) is 0.273. The lowest BCUT2D eigenvalue weighted by Crippen LogP contribution is -1.82. The summed E-state index contributed by atoms with van der Waals surface area (Å²) in [7, 11) is 0. The number of benzene rings is 1. The van der Waals surface area contributed by atoms with Crippen LogP contribution in [0.15, 0.2) is 22.6 Å². The van der Waals surface area contributed by atoms with Crippen LogP contribution in [0.5, 0.6) is 0 Å². The molecule has 0 N–H and O–H groups in total. The minimum absolute atomic E-state index is 0.540. The van der Waals surface area contributed by atoms with Crippen molar-refractivity contribution in [1.29, 1.82) is 5.26 Å². The molecular weight excluding hydrogens is 176 g/mol. The van der Waals surface area contributed by atoms with Gasteiger partial charge in [0, 0.05) is 13.3 Å². The Kier molecular flexibility index (Phi) is 2.19. The van der Waals surface area contributed by atoms with Gasteiger partial charge in [-0.15, -0.1) is 0 Å². The predicted octanol–water partition coefficient (Wildman–Crippen LogP) is 2.59. The molecule has 1 aromatic carbocycles. The molecule has 0 aliphatic heterocycles. The van der Waals surface area contributed by atoms with Crippen molar-refractivity contribution in [3.8, 4) is 6.07 Å². The molecule has 0 atom stereocenters. The monoisotopic (exact) mass is 186 g/mol. The highest BCUT2D eigenvalue weighted by atomic mass is 16.3. The van der Waals surface area contributed by atoms with Crippen LogP contribution in [0.25, 0.3) is 11.1 Å². The number of aryl methyl sites for hydroxylation is 2. The van der Waals surface area contributed by atoms with Gasteiger partial charge in [-0.3, -0.25) is 0 Å². The van der Waals surface area contributed by atoms with Gasteiger partial charge in [-0.25, -0.2) is 4.98 Å². The molecule has 3 nitrogen and oxygen atoms in total. The molecule has 0 fully saturated rings. The van der Waals surface area contributed by atoms with Crippen molar-refractivity contribution >= 4 is 11.1 Å². The summed E-state index contributed by atoms with van der Waals surface area (Å²) in [6.07, 6.45) is 1.31. The summed E-state index contributed by atoms with van der Waals surface area (Å²) < 4.78 is 5.39. The molecule has 0 saturated heterocycles. The average Bonchev–Trinajstić information content (AvgIpc) is 2.54. The molecule has 1 aromatic heterocycles. The summed E-state index contributed by atoms with van der Waals surface area (Å²) >= 11 is 0. The molecule has 0 radical (unpaired) electrons. The van der Waals surface area contributed by atoms with Crippen LogP contribution in [0.4, 0.5) is 0 Å². The standard InChI is InChI=1S/C11H10N2O/c1-8-13-10-5-4-9(3-2-6-12)7-11(10)14-8/h4-5,7H,2-3H2,1H3. The molecule has 14 heavy (non-hydrogen) atoms. The normalized spacial score (nSPS) is 10.3. The number of hydrogen-bond donors (Lipinski definition) is 0. The SMILES string of the molecule is Cc1nc2ccc(CCC#N)cc2o1. The Bertz CT molecular complexity index is 493. The second kappa shape index (κ2) is 3.51. The Labute approximate surface area is 82.0 Å². The maximum Gasteiger partial charge on any atom is 0.192 e. The summed E-state index contributed by atoms with van der Waals surface area (Å²) in [4.78, 5) is 4.20. The fourth-order valence-electron chi connectivity index (χ4n) is 1.44. The van der Waals surface area contributed by atoms with Gasteiger partial charge in [0.25, 0.3) is 0 Å². The van der Waals surface area contributed by atoms with Crippen molar-refractivity contribution in [1.82, 2.24) is 4.98 Å². The van der Waals surface area contributed by atoms with Crippen molar-refractivity contribution in [3.05, 3.63) is 29.7 Å². The van der Waals surface area contributed by atoms with Crippen LogP contribution in [0.1, 0.15) is 17.9 Å². The smallest absolute Gasteiger partial charge is 0.192 e. The Morgan fingerprint density at radius 3 is 3.14 bits per heavy atom. The van der Waals surface area contributed by atoms with Crippen LogP contribution in [0.2, 0.25) is 0 Å². The number of oxazole rings is 1. The van der Waals surface area contributed by atoms with Gasteiger partial charge in [0.05, 0.1) is 6.07 Å². The first-order chi connectivity index (χ1) is 6.79. The minimum Gasteiger partial charge on any atom is -0.441 e. The molecule has 1 heterocycles. The molecule has 0 aliphatic carbocycles. The molecule has 0 amide bonds. The van der Waals surface area contributed by atoms with Crippen molar-refractivity contribution in [2.75, 3.05) is 0 Å². The van der Waals surface area contributed by atoms with Gasteiger partial charge in [0.2, 0.25) is 0 Å². The zero-order valence-electron chi connectivity index (χ0n) is 7.95. The third kappa shape index (κ3) is 1.60. The minimum atomic E-state index is 0.540. The highest BCUT2D eigenvalue weighted by molar-refractivity contribution is 5.73. The summed E-state index contributed by atoms with van der Waals surface area (Å²) in [5.41, 5.74) is 2.80. The van der Waals surface area contributed by atoms with E-state index >= 15 is 0 Å². The number of nitrogens with zero attached hydrogens (tertiary/aromatic N) is 2. The van der Waals surface area contributed by atoms with E-state index in [-0.39, 0.29) is 0 Å². The van der Waals surface area contributed by atoms with Crippen LogP contribution in [0, 0.1) is 18.3 Å². The van der Waals surface area contributed by atoms with E-state index in [1.54, 1.807) is 0 Å². The van der Waals surface area contributed by atoms with Crippen molar-refractivity contribution < 1.29 is 4.42 Å². The Morgan fingerprint density at radius 2 is 2.36 bits per heavy atom. The van der Waals surface area contributed by atoms with Crippen LogP contribution in [0.3, 0.4) is 0 Å². The molecule has 0 spiro atoms. The molecule has 2 aromatic rings. The van der Waals surface area contributed by atoms with E-state index in [0.29, 0.717) is 12.3 Å². The maximum atomic E-state index is 8.46. The van der Waals surface area contributed by atoms with Gasteiger partial charge in [0.15, 0.2) is 11.5 Å². The second-order valence-corrected chi connectivity index (χ2v) is 3.19. The third-order valence-electron chi connectivity index (χ3n) is 2.09. The first-order valence-corrected chi connectivity index (χ1v) is 4.52. The molecule has 0 saturated carbocycles. The lowest BCUT2D eigenvalue weighted by atomic mass is 10.1. The summed E-state index contributed by atoms with van der Waals surface area (Å²) in [5.74, 6) is 0.678. The van der Waals surface area contributed by atoms with E-state index in [1.165, 1.54) is 0 Å².